The molecule has 0 atom stereocenters. The Labute approximate surface area is 123 Å². The highest BCUT2D eigenvalue weighted by atomic mass is 32.2. The summed E-state index contributed by atoms with van der Waals surface area (Å²) in [5.41, 5.74) is 3.07. The van der Waals surface area contributed by atoms with Gasteiger partial charge in [-0.05, 0) is 30.7 Å². The Morgan fingerprint density at radius 3 is 2.55 bits per heavy atom. The molecule has 1 aliphatic heterocycles. The second-order valence-electron chi connectivity index (χ2n) is 4.46. The Bertz CT molecular complexity index is 640. The number of ether oxygens (including phenoxy) is 1. The van der Waals surface area contributed by atoms with Gasteiger partial charge in [0, 0.05) is 5.75 Å². The molecule has 0 N–H and O–H groups in total. The molecule has 4 heteroatoms. The van der Waals surface area contributed by atoms with E-state index in [1.54, 1.807) is 11.8 Å². The van der Waals surface area contributed by atoms with Crippen molar-refractivity contribution in [2.75, 3.05) is 12.4 Å². The summed E-state index contributed by atoms with van der Waals surface area (Å²) in [6, 6.07) is 16.0. The second-order valence-corrected chi connectivity index (χ2v) is 5.52. The SMILES string of the molecule is Cc1ccccc1OCCSC1=Nc2ccccc2[N]1. The number of fused-ring (bicyclic) bond motifs is 1. The predicted molar refractivity (Wildman–Crippen MR) is 84.5 cm³/mol. The highest BCUT2D eigenvalue weighted by Gasteiger charge is 2.14. The Hall–Kier alpha value is -1.94. The van der Waals surface area contributed by atoms with Gasteiger partial charge in [0.05, 0.1) is 18.0 Å². The van der Waals surface area contributed by atoms with E-state index in [9.17, 15) is 0 Å². The largest absolute Gasteiger partial charge is 0.492 e. The minimum Gasteiger partial charge on any atom is -0.492 e. The van der Waals surface area contributed by atoms with Crippen molar-refractivity contribution in [3.05, 3.63) is 54.1 Å². The van der Waals surface area contributed by atoms with Crippen molar-refractivity contribution in [2.45, 2.75) is 6.92 Å². The van der Waals surface area contributed by atoms with Crippen molar-refractivity contribution in [1.82, 2.24) is 5.32 Å². The van der Waals surface area contributed by atoms with E-state index >= 15 is 0 Å². The third kappa shape index (κ3) is 2.96. The van der Waals surface area contributed by atoms with Gasteiger partial charge in [-0.2, -0.15) is 0 Å². The van der Waals surface area contributed by atoms with Crippen LogP contribution < -0.4 is 10.1 Å². The molecule has 0 fully saturated rings. The smallest absolute Gasteiger partial charge is 0.188 e. The lowest BCUT2D eigenvalue weighted by molar-refractivity contribution is 0.342. The quantitative estimate of drug-likeness (QED) is 0.794. The maximum absolute atomic E-state index is 5.76. The Morgan fingerprint density at radius 1 is 1.00 bits per heavy atom. The van der Waals surface area contributed by atoms with Gasteiger partial charge >= 0.3 is 0 Å². The molecule has 0 saturated carbocycles. The number of para-hydroxylation sites is 3. The number of aryl methyl sites for hydroxylation is 1. The Balaban J connectivity index is 1.47. The first-order valence-corrected chi connectivity index (χ1v) is 7.52. The second kappa shape index (κ2) is 6.01. The van der Waals surface area contributed by atoms with Crippen LogP contribution in [0.15, 0.2) is 53.5 Å². The van der Waals surface area contributed by atoms with Gasteiger partial charge in [0.15, 0.2) is 5.17 Å². The highest BCUT2D eigenvalue weighted by molar-refractivity contribution is 8.13. The van der Waals surface area contributed by atoms with E-state index in [1.165, 1.54) is 0 Å². The molecule has 2 aromatic carbocycles. The Kier molecular flexibility index (Phi) is 3.92. The summed E-state index contributed by atoms with van der Waals surface area (Å²) in [7, 11) is 0. The molecule has 101 valence electrons. The van der Waals surface area contributed by atoms with Gasteiger partial charge in [0.25, 0.3) is 0 Å². The minimum atomic E-state index is 0.653. The van der Waals surface area contributed by atoms with Gasteiger partial charge < -0.3 is 4.74 Å². The van der Waals surface area contributed by atoms with E-state index in [4.69, 9.17) is 4.74 Å². The number of thioether (sulfide) groups is 1. The highest BCUT2D eigenvalue weighted by Crippen LogP contribution is 2.32. The van der Waals surface area contributed by atoms with Crippen LogP contribution in [0, 0.1) is 6.92 Å². The number of rotatable bonds is 4. The third-order valence-corrected chi connectivity index (χ3v) is 3.79. The molecule has 20 heavy (non-hydrogen) atoms. The molecule has 1 aliphatic rings. The molecule has 0 bridgehead atoms. The van der Waals surface area contributed by atoms with Crippen LogP contribution in [0.5, 0.6) is 5.75 Å². The van der Waals surface area contributed by atoms with Crippen LogP contribution in [-0.2, 0) is 0 Å². The monoisotopic (exact) mass is 283 g/mol. The molecule has 0 unspecified atom stereocenters. The molecule has 0 amide bonds. The van der Waals surface area contributed by atoms with Crippen LogP contribution in [0.1, 0.15) is 5.56 Å². The summed E-state index contributed by atoms with van der Waals surface area (Å²) in [5.74, 6) is 1.78. The van der Waals surface area contributed by atoms with Gasteiger partial charge in [-0.1, -0.05) is 42.1 Å². The molecule has 2 aromatic rings. The maximum Gasteiger partial charge on any atom is 0.188 e. The van der Waals surface area contributed by atoms with Crippen molar-refractivity contribution in [2.24, 2.45) is 4.99 Å². The van der Waals surface area contributed by atoms with Crippen molar-refractivity contribution in [3.8, 4) is 5.75 Å². The van der Waals surface area contributed by atoms with Gasteiger partial charge in [-0.15, -0.1) is 0 Å². The van der Waals surface area contributed by atoms with Crippen LogP contribution in [0.2, 0.25) is 0 Å². The fourth-order valence-electron chi connectivity index (χ4n) is 1.95. The molecule has 0 aromatic heterocycles. The van der Waals surface area contributed by atoms with E-state index < -0.39 is 0 Å². The zero-order valence-corrected chi connectivity index (χ0v) is 12.1. The normalized spacial score (nSPS) is 12.6. The minimum absolute atomic E-state index is 0.653. The lowest BCUT2D eigenvalue weighted by atomic mass is 10.2. The number of benzene rings is 2. The molecule has 1 heterocycles. The van der Waals surface area contributed by atoms with E-state index in [-0.39, 0.29) is 0 Å². The third-order valence-electron chi connectivity index (χ3n) is 2.98. The molecular formula is C16H15N2OS. The van der Waals surface area contributed by atoms with Crippen molar-refractivity contribution >= 4 is 28.3 Å². The number of amidine groups is 1. The van der Waals surface area contributed by atoms with E-state index in [2.05, 4.69) is 23.3 Å². The molecule has 0 saturated heterocycles. The fraction of sp³-hybridized carbons (Fsp3) is 0.188. The first kappa shape index (κ1) is 13.1. The van der Waals surface area contributed by atoms with Gasteiger partial charge in [-0.3, -0.25) is 0 Å². The fourth-order valence-corrected chi connectivity index (χ4v) is 2.63. The maximum atomic E-state index is 5.76. The number of hydrogen-bond donors (Lipinski definition) is 0. The molecule has 1 radical (unpaired) electrons. The van der Waals surface area contributed by atoms with Crippen molar-refractivity contribution in [3.63, 3.8) is 0 Å². The van der Waals surface area contributed by atoms with Crippen molar-refractivity contribution < 1.29 is 4.74 Å². The van der Waals surface area contributed by atoms with E-state index in [1.807, 2.05) is 42.5 Å². The van der Waals surface area contributed by atoms with Crippen LogP contribution in [0.25, 0.3) is 0 Å². The zero-order chi connectivity index (χ0) is 13.8. The molecule has 0 aliphatic carbocycles. The molecular weight excluding hydrogens is 268 g/mol. The standard InChI is InChI=1S/C16H15N2OS/c1-12-6-2-5-9-15(12)19-10-11-20-16-17-13-7-3-4-8-14(13)18-16/h2-9H,10-11H2,1H3. The van der Waals surface area contributed by atoms with Gasteiger partial charge in [-0.25, -0.2) is 10.3 Å². The molecule has 3 rings (SSSR count). The first-order chi connectivity index (χ1) is 9.83. The molecule has 0 spiro atoms. The number of aliphatic imine (C=N–C) groups is 1. The lowest BCUT2D eigenvalue weighted by Gasteiger charge is -2.08. The first-order valence-electron chi connectivity index (χ1n) is 6.53. The van der Waals surface area contributed by atoms with Gasteiger partial charge in [0.1, 0.15) is 5.75 Å². The summed E-state index contributed by atoms with van der Waals surface area (Å²) < 4.78 is 5.76. The van der Waals surface area contributed by atoms with Crippen LogP contribution in [0.4, 0.5) is 11.4 Å². The van der Waals surface area contributed by atoms with E-state index in [0.29, 0.717) is 6.61 Å². The lowest BCUT2D eigenvalue weighted by Crippen LogP contribution is -2.07. The summed E-state index contributed by atoms with van der Waals surface area (Å²) in [5, 5.41) is 5.29. The topological polar surface area (TPSA) is 35.7 Å². The average molecular weight is 283 g/mol. The predicted octanol–water partition coefficient (Wildman–Crippen LogP) is 4.04. The summed E-state index contributed by atoms with van der Waals surface area (Å²) >= 11 is 1.62. The number of nitrogens with zero attached hydrogens (tertiary/aromatic N) is 2. The average Bonchev–Trinajstić information content (AvgIpc) is 2.88. The van der Waals surface area contributed by atoms with Crippen LogP contribution >= 0.6 is 11.8 Å². The summed E-state index contributed by atoms with van der Waals surface area (Å²) in [6.07, 6.45) is 0. The summed E-state index contributed by atoms with van der Waals surface area (Å²) in [6.45, 7) is 2.70. The number of hydrogen-bond acceptors (Lipinski definition) is 3. The zero-order valence-electron chi connectivity index (χ0n) is 11.2. The van der Waals surface area contributed by atoms with Gasteiger partial charge in [0.2, 0.25) is 0 Å². The Morgan fingerprint density at radius 2 is 1.75 bits per heavy atom. The van der Waals surface area contributed by atoms with Crippen molar-refractivity contribution in [1.29, 1.82) is 0 Å². The van der Waals surface area contributed by atoms with E-state index in [0.717, 1.165) is 33.6 Å². The molecule has 3 nitrogen and oxygen atoms in total. The van der Waals surface area contributed by atoms with Crippen LogP contribution in [0.3, 0.4) is 0 Å². The summed E-state index contributed by atoms with van der Waals surface area (Å²) in [4.78, 5) is 4.47. The van der Waals surface area contributed by atoms with Crippen LogP contribution in [-0.4, -0.2) is 17.5 Å².